The normalized spacial score (nSPS) is 12.7. The van der Waals surface area contributed by atoms with Crippen molar-refractivity contribution in [1.29, 1.82) is 0 Å². The number of amides is 1. The minimum Gasteiger partial charge on any atom is -0.365 e. The van der Waals surface area contributed by atoms with Crippen LogP contribution in [-0.4, -0.2) is 15.9 Å². The number of hydrogen-bond acceptors (Lipinski definition) is 4. The Morgan fingerprint density at radius 1 is 1.39 bits per heavy atom. The van der Waals surface area contributed by atoms with E-state index in [2.05, 4.69) is 15.3 Å². The molecule has 2 aromatic rings. The van der Waals surface area contributed by atoms with Crippen LogP contribution in [-0.2, 0) is 6.18 Å². The lowest BCUT2D eigenvalue weighted by atomic mass is 10.0. The van der Waals surface area contributed by atoms with E-state index in [0.29, 0.717) is 5.56 Å². The molecule has 5 nitrogen and oxygen atoms in total. The van der Waals surface area contributed by atoms with Crippen molar-refractivity contribution in [3.8, 4) is 0 Å². The summed E-state index contributed by atoms with van der Waals surface area (Å²) in [6.07, 6.45) is -3.29. The lowest BCUT2D eigenvalue weighted by molar-refractivity contribution is -0.137. The fraction of sp³-hybridized carbons (Fsp3) is 0.214. The molecule has 1 atom stereocenters. The lowest BCUT2D eigenvalue weighted by Crippen LogP contribution is -2.18. The fourth-order valence-corrected chi connectivity index (χ4v) is 2.06. The van der Waals surface area contributed by atoms with Gasteiger partial charge in [-0.25, -0.2) is 4.98 Å². The highest BCUT2D eigenvalue weighted by atomic mass is 35.5. The highest BCUT2D eigenvalue weighted by Gasteiger charge is 2.30. The van der Waals surface area contributed by atoms with Crippen LogP contribution in [0.1, 0.15) is 34.5 Å². The maximum absolute atomic E-state index is 12.8. The second kappa shape index (κ2) is 6.41. The second-order valence-electron chi connectivity index (χ2n) is 4.75. The van der Waals surface area contributed by atoms with Crippen LogP contribution < -0.4 is 11.1 Å². The van der Waals surface area contributed by atoms with Gasteiger partial charge < -0.3 is 11.1 Å². The summed E-state index contributed by atoms with van der Waals surface area (Å²) in [5, 5.41) is 2.71. The zero-order valence-electron chi connectivity index (χ0n) is 11.9. The van der Waals surface area contributed by atoms with E-state index >= 15 is 0 Å². The molecule has 0 saturated heterocycles. The summed E-state index contributed by atoms with van der Waals surface area (Å²) in [5.74, 6) is -0.720. The Balaban J connectivity index is 2.31. The van der Waals surface area contributed by atoms with E-state index in [-0.39, 0.29) is 16.7 Å². The number of nitrogens with one attached hydrogen (secondary N) is 1. The molecule has 3 N–H and O–H groups in total. The van der Waals surface area contributed by atoms with Gasteiger partial charge in [-0.2, -0.15) is 18.2 Å². The van der Waals surface area contributed by atoms with Gasteiger partial charge in [0.25, 0.3) is 5.91 Å². The number of anilines is 1. The van der Waals surface area contributed by atoms with Gasteiger partial charge in [0, 0.05) is 12.2 Å². The first kappa shape index (κ1) is 17.0. The van der Waals surface area contributed by atoms with E-state index in [0.717, 1.165) is 18.3 Å². The third-order valence-electron chi connectivity index (χ3n) is 3.09. The van der Waals surface area contributed by atoms with Crippen LogP contribution in [0.3, 0.4) is 0 Å². The van der Waals surface area contributed by atoms with Crippen LogP contribution >= 0.6 is 11.6 Å². The molecule has 0 aliphatic carbocycles. The maximum Gasteiger partial charge on any atom is 0.416 e. The third-order valence-corrected chi connectivity index (χ3v) is 3.27. The summed E-state index contributed by atoms with van der Waals surface area (Å²) in [5.41, 5.74) is 4.80. The Morgan fingerprint density at radius 3 is 2.70 bits per heavy atom. The smallest absolute Gasteiger partial charge is 0.365 e. The monoisotopic (exact) mass is 344 g/mol. The maximum atomic E-state index is 12.8. The van der Waals surface area contributed by atoms with Crippen molar-refractivity contribution in [3.63, 3.8) is 0 Å². The van der Waals surface area contributed by atoms with Crippen molar-refractivity contribution in [2.24, 2.45) is 5.73 Å². The summed E-state index contributed by atoms with van der Waals surface area (Å²) in [4.78, 5) is 18.9. The number of nitrogens with two attached hydrogens (primary N) is 1. The van der Waals surface area contributed by atoms with Crippen LogP contribution in [0.2, 0.25) is 5.28 Å². The Kier molecular flexibility index (Phi) is 4.74. The minimum atomic E-state index is -4.44. The molecule has 23 heavy (non-hydrogen) atoms. The topological polar surface area (TPSA) is 80.9 Å². The first-order valence-electron chi connectivity index (χ1n) is 6.44. The van der Waals surface area contributed by atoms with Crippen molar-refractivity contribution >= 4 is 23.3 Å². The van der Waals surface area contributed by atoms with Gasteiger partial charge in [0.1, 0.15) is 5.82 Å². The number of carbonyl (C=O) groups excluding carboxylic acids is 1. The molecule has 0 spiro atoms. The van der Waals surface area contributed by atoms with Crippen LogP contribution in [0.25, 0.3) is 0 Å². The molecule has 0 radical (unpaired) electrons. The van der Waals surface area contributed by atoms with Gasteiger partial charge in [0.05, 0.1) is 11.1 Å². The summed E-state index contributed by atoms with van der Waals surface area (Å²) in [7, 11) is 0. The van der Waals surface area contributed by atoms with E-state index < -0.39 is 23.7 Å². The highest BCUT2D eigenvalue weighted by Crippen LogP contribution is 2.31. The number of rotatable bonds is 4. The SMILES string of the molecule is CC(Nc1nc(Cl)ncc1C(N)=O)c1cccc(C(F)(F)F)c1. The summed E-state index contributed by atoms with van der Waals surface area (Å²) < 4.78 is 38.3. The van der Waals surface area contributed by atoms with Crippen LogP contribution in [0, 0.1) is 0 Å². The first-order valence-corrected chi connectivity index (χ1v) is 6.82. The first-order chi connectivity index (χ1) is 10.7. The number of benzene rings is 1. The Bertz CT molecular complexity index is 736. The van der Waals surface area contributed by atoms with Crippen LogP contribution in [0.15, 0.2) is 30.5 Å². The van der Waals surface area contributed by atoms with Gasteiger partial charge in [-0.05, 0) is 36.2 Å². The van der Waals surface area contributed by atoms with Crippen molar-refractivity contribution in [3.05, 3.63) is 52.4 Å². The molecule has 1 amide bonds. The quantitative estimate of drug-likeness (QED) is 0.833. The molecule has 2 rings (SSSR count). The van der Waals surface area contributed by atoms with E-state index in [1.807, 2.05) is 0 Å². The third kappa shape index (κ3) is 4.10. The van der Waals surface area contributed by atoms with Gasteiger partial charge in [-0.3, -0.25) is 4.79 Å². The zero-order chi connectivity index (χ0) is 17.2. The Morgan fingerprint density at radius 2 is 2.09 bits per heavy atom. The molecule has 1 heterocycles. The van der Waals surface area contributed by atoms with Gasteiger partial charge in [-0.1, -0.05) is 12.1 Å². The lowest BCUT2D eigenvalue weighted by Gasteiger charge is -2.18. The number of alkyl halides is 3. The molecule has 0 aliphatic heterocycles. The van der Waals surface area contributed by atoms with Crippen molar-refractivity contribution < 1.29 is 18.0 Å². The van der Waals surface area contributed by atoms with E-state index in [4.69, 9.17) is 17.3 Å². The number of carbonyl (C=O) groups is 1. The Hall–Kier alpha value is -2.35. The molecular weight excluding hydrogens is 333 g/mol. The van der Waals surface area contributed by atoms with E-state index in [9.17, 15) is 18.0 Å². The number of nitrogens with zero attached hydrogens (tertiary/aromatic N) is 2. The molecule has 0 saturated carbocycles. The van der Waals surface area contributed by atoms with Crippen molar-refractivity contribution in [2.45, 2.75) is 19.1 Å². The molecule has 1 aromatic heterocycles. The predicted octanol–water partition coefficient (Wildman–Crippen LogP) is 3.42. The Labute approximate surface area is 134 Å². The zero-order valence-corrected chi connectivity index (χ0v) is 12.6. The summed E-state index contributed by atoms with van der Waals surface area (Å²) >= 11 is 5.67. The number of primary amides is 1. The molecular formula is C14H12ClF3N4O. The fourth-order valence-electron chi connectivity index (χ4n) is 1.92. The molecule has 0 aliphatic rings. The number of hydrogen-bond donors (Lipinski definition) is 2. The average Bonchev–Trinajstić information content (AvgIpc) is 2.46. The molecule has 0 fully saturated rings. The minimum absolute atomic E-state index is 0.00627. The van der Waals surface area contributed by atoms with E-state index in [1.54, 1.807) is 6.92 Å². The summed E-state index contributed by atoms with van der Waals surface area (Å²) in [6, 6.07) is 4.26. The molecule has 1 unspecified atom stereocenters. The number of halogens is 4. The van der Waals surface area contributed by atoms with Crippen LogP contribution in [0.4, 0.5) is 19.0 Å². The molecule has 1 aromatic carbocycles. The van der Waals surface area contributed by atoms with Gasteiger partial charge in [0.15, 0.2) is 0 Å². The van der Waals surface area contributed by atoms with E-state index in [1.165, 1.54) is 12.1 Å². The average molecular weight is 345 g/mol. The molecule has 122 valence electrons. The predicted molar refractivity (Wildman–Crippen MR) is 79.0 cm³/mol. The van der Waals surface area contributed by atoms with Crippen molar-refractivity contribution in [1.82, 2.24) is 9.97 Å². The largest absolute Gasteiger partial charge is 0.416 e. The van der Waals surface area contributed by atoms with Crippen molar-refractivity contribution in [2.75, 3.05) is 5.32 Å². The molecule has 0 bridgehead atoms. The summed E-state index contributed by atoms with van der Waals surface area (Å²) in [6.45, 7) is 1.62. The molecule has 9 heteroatoms. The highest BCUT2D eigenvalue weighted by molar-refractivity contribution is 6.28. The van der Waals surface area contributed by atoms with Gasteiger partial charge in [0.2, 0.25) is 5.28 Å². The van der Waals surface area contributed by atoms with Gasteiger partial charge >= 0.3 is 6.18 Å². The van der Waals surface area contributed by atoms with Gasteiger partial charge in [-0.15, -0.1) is 0 Å². The second-order valence-corrected chi connectivity index (χ2v) is 5.09. The van der Waals surface area contributed by atoms with Crippen LogP contribution in [0.5, 0.6) is 0 Å². The standard InChI is InChI=1S/C14H12ClF3N4O/c1-7(8-3-2-4-9(5-8)14(16,17)18)21-12-10(11(19)23)6-20-13(15)22-12/h2-7H,1H3,(H2,19,23)(H,20,21,22). The number of aromatic nitrogens is 2.